The zero-order valence-corrected chi connectivity index (χ0v) is 8.68. The molecule has 1 N–H and O–H groups in total. The largest absolute Gasteiger partial charge is 0.478 e. The predicted octanol–water partition coefficient (Wildman–Crippen LogP) is 1.77. The van der Waals surface area contributed by atoms with Gasteiger partial charge in [-0.1, -0.05) is 0 Å². The van der Waals surface area contributed by atoms with Crippen molar-refractivity contribution < 1.29 is 9.90 Å². The van der Waals surface area contributed by atoms with Crippen molar-refractivity contribution in [2.24, 2.45) is 0 Å². The number of hydrogen-bond acceptors (Lipinski definition) is 3. The summed E-state index contributed by atoms with van der Waals surface area (Å²) in [6, 6.07) is 3.73. The van der Waals surface area contributed by atoms with Crippen molar-refractivity contribution >= 4 is 11.8 Å². The summed E-state index contributed by atoms with van der Waals surface area (Å²) < 4.78 is 0. The van der Waals surface area contributed by atoms with Crippen LogP contribution in [-0.4, -0.2) is 28.6 Å². The van der Waals surface area contributed by atoms with Gasteiger partial charge in [-0.2, -0.15) is 0 Å². The van der Waals surface area contributed by atoms with E-state index in [4.69, 9.17) is 5.11 Å². The highest BCUT2D eigenvalue weighted by Gasteiger charge is 2.29. The molecule has 0 radical (unpaired) electrons. The Labute approximate surface area is 88.6 Å². The van der Waals surface area contributed by atoms with Crippen molar-refractivity contribution in [2.45, 2.75) is 25.8 Å². The van der Waals surface area contributed by atoms with Crippen molar-refractivity contribution in [3.63, 3.8) is 0 Å². The molecule has 1 saturated carbocycles. The van der Waals surface area contributed by atoms with Crippen LogP contribution in [0.4, 0.5) is 5.82 Å². The third-order valence-electron chi connectivity index (χ3n) is 2.62. The van der Waals surface area contributed by atoms with Crippen molar-refractivity contribution in [1.82, 2.24) is 4.98 Å². The second-order valence-corrected chi connectivity index (χ2v) is 3.73. The summed E-state index contributed by atoms with van der Waals surface area (Å²) in [7, 11) is 0. The molecule has 0 saturated heterocycles. The fourth-order valence-corrected chi connectivity index (χ4v) is 1.70. The number of anilines is 1. The van der Waals surface area contributed by atoms with Gasteiger partial charge in [-0.25, -0.2) is 9.78 Å². The summed E-state index contributed by atoms with van der Waals surface area (Å²) in [5.74, 6) is -0.120. The highest BCUT2D eigenvalue weighted by molar-refractivity contribution is 5.88. The molecule has 1 fully saturated rings. The number of carboxylic acids is 1. The second kappa shape index (κ2) is 3.88. The molecule has 4 heteroatoms. The van der Waals surface area contributed by atoms with Crippen LogP contribution in [0.15, 0.2) is 18.3 Å². The van der Waals surface area contributed by atoms with Crippen LogP contribution >= 0.6 is 0 Å². The van der Waals surface area contributed by atoms with E-state index in [0.717, 1.165) is 12.4 Å². The van der Waals surface area contributed by atoms with Gasteiger partial charge in [0.25, 0.3) is 0 Å². The number of aromatic nitrogens is 1. The Hall–Kier alpha value is -1.58. The van der Waals surface area contributed by atoms with Gasteiger partial charge in [0.15, 0.2) is 0 Å². The van der Waals surface area contributed by atoms with Crippen LogP contribution in [0.5, 0.6) is 0 Å². The molecule has 0 unspecified atom stereocenters. The lowest BCUT2D eigenvalue weighted by atomic mass is 10.2. The summed E-state index contributed by atoms with van der Waals surface area (Å²) in [5.41, 5.74) is 0.305. The fraction of sp³-hybridized carbons (Fsp3) is 0.455. The van der Waals surface area contributed by atoms with Crippen molar-refractivity contribution in [1.29, 1.82) is 0 Å². The van der Waals surface area contributed by atoms with Crippen LogP contribution in [0.1, 0.15) is 30.1 Å². The molecule has 2 rings (SSSR count). The van der Waals surface area contributed by atoms with Crippen molar-refractivity contribution in [2.75, 3.05) is 11.4 Å². The third kappa shape index (κ3) is 2.09. The van der Waals surface area contributed by atoms with Crippen molar-refractivity contribution in [3.8, 4) is 0 Å². The van der Waals surface area contributed by atoms with Gasteiger partial charge in [-0.3, -0.25) is 0 Å². The molecule has 1 aromatic heterocycles. The number of carbonyl (C=O) groups is 1. The number of pyridine rings is 1. The van der Waals surface area contributed by atoms with E-state index in [1.54, 1.807) is 12.3 Å². The average Bonchev–Trinajstić information content (AvgIpc) is 3.04. The molecular weight excluding hydrogens is 192 g/mol. The van der Waals surface area contributed by atoms with Crippen LogP contribution in [0, 0.1) is 0 Å². The molecule has 0 bridgehead atoms. The maximum absolute atomic E-state index is 10.8. The Morgan fingerprint density at radius 1 is 1.67 bits per heavy atom. The number of rotatable bonds is 4. The molecular formula is C11H14N2O2. The van der Waals surface area contributed by atoms with E-state index < -0.39 is 5.97 Å². The van der Waals surface area contributed by atoms with E-state index in [2.05, 4.69) is 16.8 Å². The van der Waals surface area contributed by atoms with E-state index in [-0.39, 0.29) is 0 Å². The van der Waals surface area contributed by atoms with Crippen LogP contribution in [0.3, 0.4) is 0 Å². The number of aromatic carboxylic acids is 1. The van der Waals surface area contributed by atoms with Gasteiger partial charge in [0.2, 0.25) is 0 Å². The first-order chi connectivity index (χ1) is 7.22. The molecule has 0 aliphatic heterocycles. The molecule has 4 nitrogen and oxygen atoms in total. The van der Waals surface area contributed by atoms with Crippen LogP contribution < -0.4 is 4.90 Å². The molecule has 1 aromatic rings. The normalized spacial score (nSPS) is 15.0. The van der Waals surface area contributed by atoms with Crippen LogP contribution in [0.25, 0.3) is 0 Å². The van der Waals surface area contributed by atoms with Gasteiger partial charge in [-0.15, -0.1) is 0 Å². The first kappa shape index (κ1) is 9.96. The molecule has 0 spiro atoms. The molecule has 80 valence electrons. The minimum atomic E-state index is -0.898. The summed E-state index contributed by atoms with van der Waals surface area (Å²) in [6.07, 6.45) is 3.93. The maximum atomic E-state index is 10.8. The van der Waals surface area contributed by atoms with E-state index in [9.17, 15) is 4.79 Å². The van der Waals surface area contributed by atoms with Crippen LogP contribution in [0.2, 0.25) is 0 Å². The molecule has 1 aliphatic carbocycles. The van der Waals surface area contributed by atoms with Gasteiger partial charge in [0.05, 0.1) is 5.56 Å². The third-order valence-corrected chi connectivity index (χ3v) is 2.62. The maximum Gasteiger partial charge on any atom is 0.335 e. The lowest BCUT2D eigenvalue weighted by Crippen LogP contribution is -2.26. The fourth-order valence-electron chi connectivity index (χ4n) is 1.70. The minimum Gasteiger partial charge on any atom is -0.478 e. The Morgan fingerprint density at radius 2 is 2.40 bits per heavy atom. The van der Waals surface area contributed by atoms with E-state index in [1.165, 1.54) is 18.9 Å². The highest BCUT2D eigenvalue weighted by atomic mass is 16.4. The van der Waals surface area contributed by atoms with Gasteiger partial charge < -0.3 is 10.0 Å². The zero-order chi connectivity index (χ0) is 10.8. The molecule has 0 atom stereocenters. The van der Waals surface area contributed by atoms with Gasteiger partial charge in [-0.05, 0) is 31.9 Å². The summed E-state index contributed by atoms with van der Waals surface area (Å²) in [5, 5.41) is 8.87. The Morgan fingerprint density at radius 3 is 2.93 bits per heavy atom. The average molecular weight is 206 g/mol. The molecule has 1 heterocycles. The monoisotopic (exact) mass is 206 g/mol. The first-order valence-corrected chi connectivity index (χ1v) is 5.18. The van der Waals surface area contributed by atoms with Gasteiger partial charge >= 0.3 is 5.97 Å². The van der Waals surface area contributed by atoms with E-state index in [0.29, 0.717) is 11.6 Å². The lowest BCUT2D eigenvalue weighted by molar-refractivity contribution is 0.0697. The number of carboxylic acid groups (broad SMARTS) is 1. The van der Waals surface area contributed by atoms with Crippen molar-refractivity contribution in [3.05, 3.63) is 23.9 Å². The van der Waals surface area contributed by atoms with E-state index in [1.807, 2.05) is 0 Å². The Balaban J connectivity index is 2.26. The smallest absolute Gasteiger partial charge is 0.335 e. The van der Waals surface area contributed by atoms with Gasteiger partial charge in [0, 0.05) is 18.8 Å². The SMILES string of the molecule is CCN(c1cc(C(=O)O)ccn1)C1CC1. The second-order valence-electron chi connectivity index (χ2n) is 3.73. The molecule has 15 heavy (non-hydrogen) atoms. The number of nitrogens with zero attached hydrogens (tertiary/aromatic N) is 2. The summed E-state index contributed by atoms with van der Waals surface area (Å²) >= 11 is 0. The first-order valence-electron chi connectivity index (χ1n) is 5.18. The van der Waals surface area contributed by atoms with E-state index >= 15 is 0 Å². The number of hydrogen-bond donors (Lipinski definition) is 1. The minimum absolute atomic E-state index is 0.305. The molecule has 1 aliphatic rings. The van der Waals surface area contributed by atoms with Gasteiger partial charge in [0.1, 0.15) is 5.82 Å². The topological polar surface area (TPSA) is 53.4 Å². The quantitative estimate of drug-likeness (QED) is 0.815. The summed E-state index contributed by atoms with van der Waals surface area (Å²) in [4.78, 5) is 17.2. The Kier molecular flexibility index (Phi) is 2.58. The Bertz CT molecular complexity index is 375. The zero-order valence-electron chi connectivity index (χ0n) is 8.68. The van der Waals surface area contributed by atoms with Crippen LogP contribution in [-0.2, 0) is 0 Å². The molecule has 0 amide bonds. The molecule has 0 aromatic carbocycles. The highest BCUT2D eigenvalue weighted by Crippen LogP contribution is 2.30. The standard InChI is InChI=1S/C11H14N2O2/c1-2-13(9-3-4-9)10-7-8(11(14)15)5-6-12-10/h5-7,9H,2-4H2,1H3,(H,14,15). The predicted molar refractivity (Wildman–Crippen MR) is 57.2 cm³/mol. The lowest BCUT2D eigenvalue weighted by Gasteiger charge is -2.21. The summed E-state index contributed by atoms with van der Waals surface area (Å²) in [6.45, 7) is 2.94.